The zero-order valence-corrected chi connectivity index (χ0v) is 21.5. The van der Waals surface area contributed by atoms with Crippen molar-refractivity contribution in [2.45, 2.75) is 31.8 Å². The lowest BCUT2D eigenvalue weighted by Crippen LogP contribution is -2.43. The average molecular weight is 526 g/mol. The summed E-state index contributed by atoms with van der Waals surface area (Å²) in [6, 6.07) is 16.6. The Labute approximate surface area is 218 Å². The van der Waals surface area contributed by atoms with E-state index in [9.17, 15) is 14.4 Å². The quantitative estimate of drug-likeness (QED) is 0.349. The maximum Gasteiger partial charge on any atom is 0.265 e. The van der Waals surface area contributed by atoms with E-state index >= 15 is 0 Å². The van der Waals surface area contributed by atoms with Crippen molar-refractivity contribution < 1.29 is 14.3 Å². The van der Waals surface area contributed by atoms with Crippen LogP contribution < -0.4 is 20.9 Å². The lowest BCUT2D eigenvalue weighted by Gasteiger charge is -2.23. The Morgan fingerprint density at radius 3 is 2.58 bits per heavy atom. The van der Waals surface area contributed by atoms with E-state index in [1.165, 1.54) is 23.0 Å². The van der Waals surface area contributed by atoms with E-state index in [2.05, 4.69) is 10.6 Å². The van der Waals surface area contributed by atoms with E-state index in [-0.39, 0.29) is 48.0 Å². The van der Waals surface area contributed by atoms with Crippen LogP contribution in [0.1, 0.15) is 39.3 Å². The maximum absolute atomic E-state index is 13.7. The summed E-state index contributed by atoms with van der Waals surface area (Å²) in [7, 11) is 1.47. The van der Waals surface area contributed by atoms with E-state index in [1.807, 2.05) is 30.3 Å². The van der Waals surface area contributed by atoms with Gasteiger partial charge in [-0.2, -0.15) is 0 Å². The number of Topliss-reactive ketones (excluding diaryl/α,β-unsaturated/α-hetero) is 1. The van der Waals surface area contributed by atoms with Crippen LogP contribution in [0.2, 0.25) is 0 Å². The summed E-state index contributed by atoms with van der Waals surface area (Å²) in [6.45, 7) is 1.37. The predicted molar refractivity (Wildman–Crippen MR) is 146 cm³/mol. The van der Waals surface area contributed by atoms with Gasteiger partial charge in [-0.05, 0) is 25.5 Å². The molecule has 1 atom stereocenters. The molecule has 1 saturated heterocycles. The molecule has 2 aromatic heterocycles. The third kappa shape index (κ3) is 4.89. The monoisotopic (exact) mass is 525 g/mol. The number of fused-ring (bicyclic) bond motifs is 3. The van der Waals surface area contributed by atoms with Crippen molar-refractivity contribution >= 4 is 56.4 Å². The molecule has 0 saturated carbocycles. The molecule has 5 rings (SSSR count). The number of carbonyl (C=O) groups is 2. The number of pyridine rings is 1. The van der Waals surface area contributed by atoms with E-state index in [0.29, 0.717) is 32.6 Å². The van der Waals surface area contributed by atoms with Gasteiger partial charge in [0.05, 0.1) is 23.9 Å². The molecule has 1 aliphatic rings. The number of rotatable bonds is 7. The van der Waals surface area contributed by atoms with Gasteiger partial charge >= 0.3 is 0 Å². The Bertz CT molecular complexity index is 1460. The molecule has 0 radical (unpaired) electrons. The third-order valence-corrected chi connectivity index (χ3v) is 7.70. The molecule has 1 aliphatic heterocycles. The van der Waals surface area contributed by atoms with Crippen molar-refractivity contribution in [2.75, 3.05) is 20.2 Å². The average Bonchev–Trinajstić information content (AvgIpc) is 3.31. The first-order chi connectivity index (χ1) is 17.1. The second-order valence-electron chi connectivity index (χ2n) is 8.72. The SMILES string of the molecule is COc1c(C(=O)NC[C@@H]2CCCCN2)sc2c1c(=O)n(CC(=O)c1ccccc1)c1ccccc21.Cl. The van der Waals surface area contributed by atoms with E-state index in [0.717, 1.165) is 31.2 Å². The lowest BCUT2D eigenvalue weighted by molar-refractivity contribution is 0.0946. The first-order valence-electron chi connectivity index (χ1n) is 11.8. The maximum atomic E-state index is 13.7. The summed E-state index contributed by atoms with van der Waals surface area (Å²) < 4.78 is 7.79. The normalized spacial score (nSPS) is 15.4. The Kier molecular flexibility index (Phi) is 8.08. The number of piperidine rings is 1. The largest absolute Gasteiger partial charge is 0.494 e. The van der Waals surface area contributed by atoms with Crippen molar-refractivity contribution in [3.63, 3.8) is 0 Å². The molecule has 2 aromatic carbocycles. The van der Waals surface area contributed by atoms with Gasteiger partial charge in [0.15, 0.2) is 11.5 Å². The molecule has 36 heavy (non-hydrogen) atoms. The molecule has 1 fully saturated rings. The van der Waals surface area contributed by atoms with Crippen molar-refractivity contribution in [1.82, 2.24) is 15.2 Å². The van der Waals surface area contributed by atoms with Gasteiger partial charge in [-0.25, -0.2) is 0 Å². The molecule has 1 amide bonds. The number of amides is 1. The summed E-state index contributed by atoms with van der Waals surface area (Å²) in [5.74, 6) is -0.161. The van der Waals surface area contributed by atoms with Crippen LogP contribution in [0.5, 0.6) is 5.75 Å². The fourth-order valence-electron chi connectivity index (χ4n) is 4.70. The van der Waals surface area contributed by atoms with Gasteiger partial charge < -0.3 is 15.4 Å². The van der Waals surface area contributed by atoms with E-state index < -0.39 is 0 Å². The summed E-state index contributed by atoms with van der Waals surface area (Å²) in [5, 5.41) is 7.57. The molecule has 188 valence electrons. The second-order valence-corrected chi connectivity index (χ2v) is 9.74. The zero-order chi connectivity index (χ0) is 24.4. The molecule has 9 heteroatoms. The minimum atomic E-state index is -0.343. The van der Waals surface area contributed by atoms with Gasteiger partial charge in [0.2, 0.25) is 0 Å². The number of hydrogen-bond acceptors (Lipinski definition) is 6. The van der Waals surface area contributed by atoms with Crippen LogP contribution in [0.25, 0.3) is 21.0 Å². The highest BCUT2D eigenvalue weighted by atomic mass is 35.5. The zero-order valence-electron chi connectivity index (χ0n) is 19.9. The van der Waals surface area contributed by atoms with Gasteiger partial charge in [-0.15, -0.1) is 23.7 Å². The highest BCUT2D eigenvalue weighted by molar-refractivity contribution is 7.22. The molecule has 4 aromatic rings. The fourth-order valence-corrected chi connectivity index (χ4v) is 5.91. The number of ketones is 1. The van der Waals surface area contributed by atoms with Crippen LogP contribution in [-0.2, 0) is 6.54 Å². The number of para-hydroxylation sites is 1. The van der Waals surface area contributed by atoms with Crippen molar-refractivity contribution in [1.29, 1.82) is 0 Å². The minimum Gasteiger partial charge on any atom is -0.494 e. The number of benzene rings is 2. The smallest absolute Gasteiger partial charge is 0.265 e. The molecule has 0 spiro atoms. The van der Waals surface area contributed by atoms with Crippen LogP contribution in [0.4, 0.5) is 0 Å². The lowest BCUT2D eigenvalue weighted by atomic mass is 10.1. The molecular weight excluding hydrogens is 498 g/mol. The Hall–Kier alpha value is -3.20. The number of aromatic nitrogens is 1. The van der Waals surface area contributed by atoms with Gasteiger partial charge in [-0.1, -0.05) is 55.0 Å². The number of methoxy groups -OCH3 is 1. The highest BCUT2D eigenvalue weighted by Crippen LogP contribution is 2.39. The summed E-state index contributed by atoms with van der Waals surface area (Å²) in [4.78, 5) is 40.2. The van der Waals surface area contributed by atoms with Crippen LogP contribution in [0.3, 0.4) is 0 Å². The number of carbonyl (C=O) groups excluding carboxylic acids is 2. The molecule has 3 heterocycles. The summed E-state index contributed by atoms with van der Waals surface area (Å²) >= 11 is 1.26. The Morgan fingerprint density at radius 1 is 1.11 bits per heavy atom. The number of thiophene rings is 1. The Morgan fingerprint density at radius 2 is 1.86 bits per heavy atom. The van der Waals surface area contributed by atoms with Crippen molar-refractivity contribution in [3.8, 4) is 5.75 Å². The number of ether oxygens (including phenoxy) is 1. The number of nitrogens with one attached hydrogen (secondary N) is 2. The molecule has 7 nitrogen and oxygen atoms in total. The highest BCUT2D eigenvalue weighted by Gasteiger charge is 2.26. The first kappa shape index (κ1) is 25.9. The predicted octanol–water partition coefficient (Wildman–Crippen LogP) is 4.40. The summed E-state index contributed by atoms with van der Waals surface area (Å²) in [5.41, 5.74) is 0.845. The molecule has 0 aliphatic carbocycles. The molecular formula is C27H28ClN3O4S. The van der Waals surface area contributed by atoms with Crippen molar-refractivity contribution in [3.05, 3.63) is 75.4 Å². The minimum absolute atomic E-state index is 0. The number of halogens is 1. The van der Waals surface area contributed by atoms with E-state index in [4.69, 9.17) is 4.74 Å². The van der Waals surface area contributed by atoms with E-state index in [1.54, 1.807) is 24.3 Å². The standard InChI is InChI=1S/C27H27N3O4S.ClH/c1-34-23-22-24(35-25(23)26(32)29-15-18-11-7-8-14-28-18)19-12-5-6-13-20(19)30(27(22)33)16-21(31)17-9-3-2-4-10-17;/h2-6,9-10,12-13,18,28H,7-8,11,14-16H2,1H3,(H,29,32);1H/t18-;/m0./s1. The second kappa shape index (κ2) is 11.2. The molecule has 0 unspecified atom stereocenters. The van der Waals surface area contributed by atoms with Crippen LogP contribution in [0, 0.1) is 0 Å². The van der Waals surface area contributed by atoms with Crippen LogP contribution in [0.15, 0.2) is 59.4 Å². The number of hydrogen-bond donors (Lipinski definition) is 2. The van der Waals surface area contributed by atoms with Crippen LogP contribution >= 0.6 is 23.7 Å². The van der Waals surface area contributed by atoms with Gasteiger partial charge in [0, 0.05) is 23.5 Å². The topological polar surface area (TPSA) is 89.4 Å². The number of nitrogens with zero attached hydrogens (tertiary/aromatic N) is 1. The fraction of sp³-hybridized carbons (Fsp3) is 0.296. The van der Waals surface area contributed by atoms with Gasteiger partial charge in [-0.3, -0.25) is 19.0 Å². The van der Waals surface area contributed by atoms with Crippen LogP contribution in [-0.4, -0.2) is 42.5 Å². The molecule has 0 bridgehead atoms. The molecule has 2 N–H and O–H groups in total. The summed E-state index contributed by atoms with van der Waals surface area (Å²) in [6.07, 6.45) is 3.32. The van der Waals surface area contributed by atoms with Crippen molar-refractivity contribution in [2.24, 2.45) is 0 Å². The Balaban J connectivity index is 0.00000304. The van der Waals surface area contributed by atoms with Gasteiger partial charge in [0.1, 0.15) is 10.3 Å². The third-order valence-electron chi connectivity index (χ3n) is 6.49. The van der Waals surface area contributed by atoms with Gasteiger partial charge in [0.25, 0.3) is 11.5 Å². The first-order valence-corrected chi connectivity index (χ1v) is 12.6.